The number of nitrogens with zero attached hydrogens (tertiary/aromatic N) is 3. The molecule has 8 heteroatoms. The Kier molecular flexibility index (Phi) is 5.97. The van der Waals surface area contributed by atoms with Gasteiger partial charge in [0.15, 0.2) is 0 Å². The highest BCUT2D eigenvalue weighted by molar-refractivity contribution is 5.95. The van der Waals surface area contributed by atoms with Gasteiger partial charge in [0.1, 0.15) is 11.3 Å². The number of aromatic amines is 1. The molecule has 0 spiro atoms. The topological polar surface area (TPSA) is 105 Å². The van der Waals surface area contributed by atoms with E-state index in [4.69, 9.17) is 0 Å². The standard InChI is InChI=1S/C23H26N6O2/c1-3-4-5-6-11-25-23(31)26-15-9-10-18-19(13-15)28-22(30)20(27-18)17-14-29(2)21-16(17)8-7-12-24-21/h7-10,12-14H,3-6,11H2,1-2H3,(H,28,30)(H2,25,26,31). The number of anilines is 1. The number of rotatable bonds is 7. The molecule has 4 aromatic rings. The molecule has 0 fully saturated rings. The van der Waals surface area contributed by atoms with Crippen molar-refractivity contribution >= 4 is 33.8 Å². The number of hydrogen-bond donors (Lipinski definition) is 3. The summed E-state index contributed by atoms with van der Waals surface area (Å²) in [6.45, 7) is 2.79. The number of aromatic nitrogens is 4. The van der Waals surface area contributed by atoms with Crippen molar-refractivity contribution in [1.82, 2.24) is 24.8 Å². The van der Waals surface area contributed by atoms with Crippen LogP contribution in [0.1, 0.15) is 32.6 Å². The molecule has 0 bridgehead atoms. The molecule has 0 saturated heterocycles. The van der Waals surface area contributed by atoms with Gasteiger partial charge in [0.05, 0.1) is 11.0 Å². The minimum Gasteiger partial charge on any atom is -0.338 e. The predicted molar refractivity (Wildman–Crippen MR) is 123 cm³/mol. The van der Waals surface area contributed by atoms with E-state index in [9.17, 15) is 9.59 Å². The first-order valence-electron chi connectivity index (χ1n) is 10.6. The normalized spacial score (nSPS) is 11.2. The summed E-state index contributed by atoms with van der Waals surface area (Å²) in [5, 5.41) is 6.53. The van der Waals surface area contributed by atoms with Crippen LogP contribution < -0.4 is 16.2 Å². The number of unbranched alkanes of at least 4 members (excludes halogenated alkanes) is 3. The monoisotopic (exact) mass is 418 g/mol. The third-order valence-corrected chi connectivity index (χ3v) is 5.25. The Morgan fingerprint density at radius 2 is 2.06 bits per heavy atom. The number of H-pyrrole nitrogens is 1. The maximum absolute atomic E-state index is 12.8. The quantitative estimate of drug-likeness (QED) is 0.392. The van der Waals surface area contributed by atoms with Gasteiger partial charge < -0.3 is 20.2 Å². The van der Waals surface area contributed by atoms with Gasteiger partial charge in [0, 0.05) is 42.6 Å². The Morgan fingerprint density at radius 3 is 2.90 bits per heavy atom. The van der Waals surface area contributed by atoms with Gasteiger partial charge >= 0.3 is 6.03 Å². The first kappa shape index (κ1) is 20.6. The summed E-state index contributed by atoms with van der Waals surface area (Å²) in [7, 11) is 1.89. The Bertz CT molecular complexity index is 1290. The lowest BCUT2D eigenvalue weighted by molar-refractivity contribution is 0.252. The first-order valence-corrected chi connectivity index (χ1v) is 10.6. The molecule has 1 aromatic carbocycles. The van der Waals surface area contributed by atoms with Crippen molar-refractivity contribution < 1.29 is 4.79 Å². The summed E-state index contributed by atoms with van der Waals surface area (Å²) < 4.78 is 1.88. The van der Waals surface area contributed by atoms with Crippen molar-refractivity contribution in [3.05, 3.63) is 53.1 Å². The predicted octanol–water partition coefficient (Wildman–Crippen LogP) is 4.18. The maximum Gasteiger partial charge on any atom is 0.319 e. The van der Waals surface area contributed by atoms with E-state index in [1.54, 1.807) is 24.4 Å². The molecule has 0 unspecified atom stereocenters. The minimum absolute atomic E-state index is 0.258. The Labute approximate surface area is 179 Å². The molecule has 31 heavy (non-hydrogen) atoms. The van der Waals surface area contributed by atoms with E-state index in [0.29, 0.717) is 29.0 Å². The molecule has 8 nitrogen and oxygen atoms in total. The maximum atomic E-state index is 12.8. The molecule has 0 atom stereocenters. The van der Waals surface area contributed by atoms with Crippen LogP contribution in [0.4, 0.5) is 10.5 Å². The van der Waals surface area contributed by atoms with Crippen LogP contribution in [0.5, 0.6) is 0 Å². The average molecular weight is 419 g/mol. The number of urea groups is 1. The molecule has 4 rings (SSSR count). The molecule has 0 aliphatic rings. The van der Waals surface area contributed by atoms with Gasteiger partial charge in [-0.05, 0) is 36.8 Å². The molecule has 0 aliphatic carbocycles. The van der Waals surface area contributed by atoms with Crippen LogP contribution in [0.3, 0.4) is 0 Å². The number of hydrogen-bond acceptors (Lipinski definition) is 4. The van der Waals surface area contributed by atoms with Crippen LogP contribution in [0.2, 0.25) is 0 Å². The van der Waals surface area contributed by atoms with Crippen LogP contribution in [0.15, 0.2) is 47.5 Å². The second-order valence-corrected chi connectivity index (χ2v) is 7.62. The number of pyridine rings is 1. The molecule has 0 saturated carbocycles. The molecular weight excluding hydrogens is 392 g/mol. The lowest BCUT2D eigenvalue weighted by Gasteiger charge is -2.09. The van der Waals surface area contributed by atoms with Crippen molar-refractivity contribution in [2.24, 2.45) is 7.05 Å². The van der Waals surface area contributed by atoms with Crippen LogP contribution in [0, 0.1) is 0 Å². The van der Waals surface area contributed by atoms with Crippen LogP contribution in [0.25, 0.3) is 33.3 Å². The Balaban J connectivity index is 1.56. The number of benzene rings is 1. The van der Waals surface area contributed by atoms with Gasteiger partial charge in [-0.1, -0.05) is 26.2 Å². The van der Waals surface area contributed by atoms with Gasteiger partial charge in [0.2, 0.25) is 0 Å². The molecule has 2 amide bonds. The number of carbonyl (C=O) groups is 1. The van der Waals surface area contributed by atoms with Crippen LogP contribution >= 0.6 is 0 Å². The van der Waals surface area contributed by atoms with E-state index in [2.05, 4.69) is 32.5 Å². The number of fused-ring (bicyclic) bond motifs is 2. The van der Waals surface area contributed by atoms with Gasteiger partial charge in [-0.25, -0.2) is 14.8 Å². The summed E-state index contributed by atoms with van der Waals surface area (Å²) in [5.41, 5.74) is 3.38. The number of nitrogens with one attached hydrogen (secondary N) is 3. The minimum atomic E-state index is -0.290. The van der Waals surface area contributed by atoms with Gasteiger partial charge in [-0.3, -0.25) is 4.79 Å². The zero-order valence-corrected chi connectivity index (χ0v) is 17.7. The third kappa shape index (κ3) is 4.42. The fraction of sp³-hybridized carbons (Fsp3) is 0.304. The van der Waals surface area contributed by atoms with E-state index in [-0.39, 0.29) is 11.6 Å². The number of aryl methyl sites for hydroxylation is 1. The van der Waals surface area contributed by atoms with Crippen molar-refractivity contribution in [2.45, 2.75) is 32.6 Å². The summed E-state index contributed by atoms with van der Waals surface area (Å²) in [4.78, 5) is 36.8. The highest BCUT2D eigenvalue weighted by Gasteiger charge is 2.15. The summed E-state index contributed by atoms with van der Waals surface area (Å²) >= 11 is 0. The van der Waals surface area contributed by atoms with Gasteiger partial charge in [-0.15, -0.1) is 0 Å². The fourth-order valence-electron chi connectivity index (χ4n) is 3.68. The van der Waals surface area contributed by atoms with Gasteiger partial charge in [0.25, 0.3) is 5.56 Å². The van der Waals surface area contributed by atoms with Crippen LogP contribution in [-0.2, 0) is 7.05 Å². The van der Waals surface area contributed by atoms with Crippen molar-refractivity contribution in [3.8, 4) is 11.3 Å². The molecule has 3 heterocycles. The highest BCUT2D eigenvalue weighted by Crippen LogP contribution is 2.26. The van der Waals surface area contributed by atoms with E-state index in [0.717, 1.165) is 35.9 Å². The fourth-order valence-corrected chi connectivity index (χ4v) is 3.68. The van der Waals surface area contributed by atoms with E-state index < -0.39 is 0 Å². The molecular formula is C23H26N6O2. The lowest BCUT2D eigenvalue weighted by Crippen LogP contribution is -2.29. The molecule has 3 aromatic heterocycles. The molecule has 0 aliphatic heterocycles. The second kappa shape index (κ2) is 8.99. The molecule has 3 N–H and O–H groups in total. The average Bonchev–Trinajstić information content (AvgIpc) is 3.09. The Morgan fingerprint density at radius 1 is 1.19 bits per heavy atom. The molecule has 160 valence electrons. The zero-order valence-electron chi connectivity index (χ0n) is 17.7. The highest BCUT2D eigenvalue weighted by atomic mass is 16.2. The summed E-state index contributed by atoms with van der Waals surface area (Å²) in [5.74, 6) is 0. The van der Waals surface area contributed by atoms with Crippen molar-refractivity contribution in [1.29, 1.82) is 0 Å². The first-order chi connectivity index (χ1) is 15.1. The van der Waals surface area contributed by atoms with Crippen LogP contribution in [-0.4, -0.2) is 32.1 Å². The third-order valence-electron chi connectivity index (χ3n) is 5.25. The smallest absolute Gasteiger partial charge is 0.319 e. The number of amides is 2. The summed E-state index contributed by atoms with van der Waals surface area (Å²) in [6, 6.07) is 8.79. The zero-order chi connectivity index (χ0) is 21.8. The Hall–Kier alpha value is -3.68. The van der Waals surface area contributed by atoms with E-state index in [1.165, 1.54) is 6.42 Å². The van der Waals surface area contributed by atoms with E-state index in [1.807, 2.05) is 29.9 Å². The van der Waals surface area contributed by atoms with Gasteiger partial charge in [-0.2, -0.15) is 0 Å². The SMILES string of the molecule is CCCCCCNC(=O)Nc1ccc2nc(-c3cn(C)c4ncccc34)c(=O)[nH]c2c1. The van der Waals surface area contributed by atoms with E-state index >= 15 is 0 Å². The molecule has 0 radical (unpaired) electrons. The second-order valence-electron chi connectivity index (χ2n) is 7.62. The van der Waals surface area contributed by atoms with Crippen molar-refractivity contribution in [2.75, 3.05) is 11.9 Å². The van der Waals surface area contributed by atoms with Crippen molar-refractivity contribution in [3.63, 3.8) is 0 Å². The number of carbonyl (C=O) groups excluding carboxylic acids is 1. The lowest BCUT2D eigenvalue weighted by atomic mass is 10.1. The largest absolute Gasteiger partial charge is 0.338 e. The summed E-state index contributed by atoms with van der Waals surface area (Å²) in [6.07, 6.45) is 7.99.